The van der Waals surface area contributed by atoms with E-state index in [1.54, 1.807) is 27.6 Å². The van der Waals surface area contributed by atoms with Gasteiger partial charge in [-0.3, -0.25) is 19.8 Å². The molecule has 2 unspecified atom stereocenters. The van der Waals surface area contributed by atoms with E-state index in [0.717, 1.165) is 24.1 Å². The van der Waals surface area contributed by atoms with Crippen LogP contribution in [0.15, 0.2) is 51.1 Å². The third kappa shape index (κ3) is 7.31. The fourth-order valence-corrected chi connectivity index (χ4v) is 6.91. The third-order valence-corrected chi connectivity index (χ3v) is 8.89. The number of amides is 1. The largest absolute Gasteiger partial charge is 0.447 e. The van der Waals surface area contributed by atoms with Crippen LogP contribution in [-0.4, -0.2) is 95.4 Å². The molecule has 0 spiro atoms. The van der Waals surface area contributed by atoms with Gasteiger partial charge in [0.05, 0.1) is 30.9 Å². The van der Waals surface area contributed by atoms with Gasteiger partial charge in [-0.25, -0.2) is 18.6 Å². The quantitative estimate of drug-likeness (QED) is 0.362. The molecule has 40 heavy (non-hydrogen) atoms. The number of halogens is 2. The van der Waals surface area contributed by atoms with Crippen LogP contribution in [0.3, 0.4) is 0 Å². The standard InChI is InChI=1S/C28H39F2N7O2S/c1-3-23(34-26-35-24-19(2)16-21(17-22(24)40-26)37-14-15-39-27(37)38)33-25(32-20-8-5-4-6-9-20)31-11-13-36-12-7-10-28(29,30)18-36/h3,16-17,20,22,24H,1,4-15,18H2,2H3,(H2,31,32,33,34,35). The minimum atomic E-state index is -2.62. The first-order valence-electron chi connectivity index (χ1n) is 14.3. The van der Waals surface area contributed by atoms with Crippen LogP contribution in [-0.2, 0) is 4.74 Å². The molecule has 2 atom stereocenters. The van der Waals surface area contributed by atoms with E-state index in [-0.39, 0.29) is 30.4 Å². The van der Waals surface area contributed by atoms with Gasteiger partial charge in [-0.1, -0.05) is 37.6 Å². The molecule has 1 amide bonds. The molecule has 3 heterocycles. The minimum absolute atomic E-state index is 0.0365. The lowest BCUT2D eigenvalue weighted by molar-refractivity contribution is -0.0629. The zero-order chi connectivity index (χ0) is 28.1. The van der Waals surface area contributed by atoms with Crippen LogP contribution < -0.4 is 10.6 Å². The van der Waals surface area contributed by atoms with Gasteiger partial charge in [0.25, 0.3) is 5.92 Å². The second-order valence-electron chi connectivity index (χ2n) is 11.0. The van der Waals surface area contributed by atoms with Crippen LogP contribution in [0.4, 0.5) is 13.6 Å². The highest BCUT2D eigenvalue weighted by atomic mass is 32.2. The Bertz CT molecular complexity index is 1130. The van der Waals surface area contributed by atoms with Crippen LogP contribution in [0.1, 0.15) is 51.9 Å². The average molecular weight is 576 g/mol. The van der Waals surface area contributed by atoms with Gasteiger partial charge in [0.2, 0.25) is 0 Å². The first kappa shape index (κ1) is 28.8. The molecule has 3 aliphatic heterocycles. The summed E-state index contributed by atoms with van der Waals surface area (Å²) in [4.78, 5) is 29.8. The van der Waals surface area contributed by atoms with Crippen molar-refractivity contribution >= 4 is 34.8 Å². The van der Waals surface area contributed by atoms with Gasteiger partial charge < -0.3 is 15.4 Å². The zero-order valence-corrected chi connectivity index (χ0v) is 23.9. The number of likely N-dealkylation sites (tertiary alicyclic amines) is 1. The lowest BCUT2D eigenvalue weighted by Crippen LogP contribution is -2.47. The molecule has 2 N–H and O–H groups in total. The summed E-state index contributed by atoms with van der Waals surface area (Å²) in [6.45, 7) is 8.25. The molecule has 12 heteroatoms. The smallest absolute Gasteiger partial charge is 0.414 e. The van der Waals surface area contributed by atoms with Crippen molar-refractivity contribution in [3.8, 4) is 0 Å². The Labute approximate surface area is 239 Å². The molecule has 218 valence electrons. The number of hydrogen-bond donors (Lipinski definition) is 2. The number of carbonyl (C=O) groups excluding carboxylic acids is 1. The Morgan fingerprint density at radius 2 is 2.12 bits per heavy atom. The number of amidine groups is 2. The summed E-state index contributed by atoms with van der Waals surface area (Å²) in [5.41, 5.74) is 1.91. The Morgan fingerprint density at radius 1 is 1.30 bits per heavy atom. The maximum absolute atomic E-state index is 13.8. The molecule has 2 saturated heterocycles. The van der Waals surface area contributed by atoms with E-state index in [4.69, 9.17) is 19.7 Å². The Hall–Kier alpha value is -2.73. The Morgan fingerprint density at radius 3 is 2.85 bits per heavy atom. The molecule has 0 aromatic heterocycles. The SMILES string of the molecule is C=CC(=NC1=NC2C(C)=CC(N3CCOC3=O)=CC2S1)NC(=NCCN1CCCC(F)(F)C1)NC1CCCCC1. The summed E-state index contributed by atoms with van der Waals surface area (Å²) >= 11 is 1.55. The van der Waals surface area contributed by atoms with Gasteiger partial charge in [0.1, 0.15) is 12.4 Å². The van der Waals surface area contributed by atoms with E-state index in [2.05, 4.69) is 23.3 Å². The van der Waals surface area contributed by atoms with E-state index in [0.29, 0.717) is 62.2 Å². The highest BCUT2D eigenvalue weighted by Gasteiger charge is 2.36. The van der Waals surface area contributed by atoms with Crippen molar-refractivity contribution in [3.05, 3.63) is 36.1 Å². The maximum atomic E-state index is 13.8. The number of rotatable bonds is 6. The number of fused-ring (bicyclic) bond motifs is 1. The van der Waals surface area contributed by atoms with Crippen molar-refractivity contribution in [2.45, 2.75) is 75.1 Å². The van der Waals surface area contributed by atoms with Crippen molar-refractivity contribution in [2.75, 3.05) is 39.3 Å². The van der Waals surface area contributed by atoms with Gasteiger partial charge >= 0.3 is 6.09 Å². The number of carbonyl (C=O) groups is 1. The molecule has 0 aromatic rings. The lowest BCUT2D eigenvalue weighted by Gasteiger charge is -2.32. The van der Waals surface area contributed by atoms with Crippen molar-refractivity contribution in [2.24, 2.45) is 15.0 Å². The van der Waals surface area contributed by atoms with Gasteiger partial charge in [-0.05, 0) is 56.5 Å². The molecule has 0 radical (unpaired) electrons. The summed E-state index contributed by atoms with van der Waals surface area (Å²) in [5, 5.41) is 7.48. The van der Waals surface area contributed by atoms with Crippen LogP contribution in [0.25, 0.3) is 0 Å². The molecule has 1 saturated carbocycles. The van der Waals surface area contributed by atoms with Crippen LogP contribution in [0, 0.1) is 0 Å². The summed E-state index contributed by atoms with van der Waals surface area (Å²) < 4.78 is 32.8. The molecule has 0 bridgehead atoms. The number of guanidine groups is 1. The molecule has 5 aliphatic rings. The second kappa shape index (κ2) is 12.8. The van der Waals surface area contributed by atoms with Crippen molar-refractivity contribution < 1.29 is 18.3 Å². The lowest BCUT2D eigenvalue weighted by atomic mass is 9.96. The normalized spacial score (nSPS) is 27.9. The fourth-order valence-electron chi connectivity index (χ4n) is 5.73. The predicted molar refractivity (Wildman–Crippen MR) is 156 cm³/mol. The molecule has 9 nitrogen and oxygen atoms in total. The van der Waals surface area contributed by atoms with Crippen molar-refractivity contribution in [1.82, 2.24) is 20.4 Å². The second-order valence-corrected chi connectivity index (χ2v) is 12.1. The zero-order valence-electron chi connectivity index (χ0n) is 23.1. The van der Waals surface area contributed by atoms with E-state index in [9.17, 15) is 13.6 Å². The topological polar surface area (TPSA) is 93.9 Å². The fraction of sp³-hybridized carbons (Fsp3) is 0.643. The number of nitrogens with one attached hydrogen (secondary N) is 2. The number of cyclic esters (lactones) is 1. The number of ether oxygens (including phenoxy) is 1. The molecule has 3 fully saturated rings. The monoisotopic (exact) mass is 575 g/mol. The number of allylic oxidation sites excluding steroid dienone is 1. The number of piperidine rings is 1. The van der Waals surface area contributed by atoms with Crippen LogP contribution in [0.5, 0.6) is 0 Å². The van der Waals surface area contributed by atoms with Gasteiger partial charge in [0, 0.05) is 24.7 Å². The van der Waals surface area contributed by atoms with Gasteiger partial charge in [-0.2, -0.15) is 0 Å². The Balaban J connectivity index is 1.25. The number of aliphatic imine (C=N–C) groups is 3. The van der Waals surface area contributed by atoms with Crippen LogP contribution >= 0.6 is 11.8 Å². The summed E-state index contributed by atoms with van der Waals surface area (Å²) in [7, 11) is 0. The summed E-state index contributed by atoms with van der Waals surface area (Å²) in [5.74, 6) is -1.52. The highest BCUT2D eigenvalue weighted by Crippen LogP contribution is 2.37. The van der Waals surface area contributed by atoms with E-state index in [1.165, 1.54) is 19.3 Å². The van der Waals surface area contributed by atoms with E-state index < -0.39 is 5.92 Å². The molecule has 0 aromatic carbocycles. The van der Waals surface area contributed by atoms with E-state index in [1.807, 2.05) is 13.0 Å². The number of hydrogen-bond acceptors (Lipinski definition) is 7. The highest BCUT2D eigenvalue weighted by molar-refractivity contribution is 8.14. The summed E-state index contributed by atoms with van der Waals surface area (Å²) in [6.07, 6.45) is 11.5. The minimum Gasteiger partial charge on any atom is -0.447 e. The molecular weight excluding hydrogens is 536 g/mol. The molecule has 5 rings (SSSR count). The first-order valence-corrected chi connectivity index (χ1v) is 15.2. The molecular formula is C28H39F2N7O2S. The maximum Gasteiger partial charge on any atom is 0.414 e. The van der Waals surface area contributed by atoms with E-state index >= 15 is 0 Å². The third-order valence-electron chi connectivity index (χ3n) is 7.81. The number of thioether (sulfide) groups is 1. The number of alkyl halides is 2. The number of nitrogens with zero attached hydrogens (tertiary/aromatic N) is 5. The summed E-state index contributed by atoms with van der Waals surface area (Å²) in [6, 6.07) is 0.258. The molecule has 2 aliphatic carbocycles. The van der Waals surface area contributed by atoms with Gasteiger partial charge in [-0.15, -0.1) is 0 Å². The van der Waals surface area contributed by atoms with Crippen molar-refractivity contribution in [1.29, 1.82) is 0 Å². The predicted octanol–water partition coefficient (Wildman–Crippen LogP) is 4.31. The van der Waals surface area contributed by atoms with Crippen LogP contribution in [0.2, 0.25) is 0 Å². The van der Waals surface area contributed by atoms with Crippen molar-refractivity contribution in [3.63, 3.8) is 0 Å². The first-order chi connectivity index (χ1) is 19.3. The van der Waals surface area contributed by atoms with Gasteiger partial charge in [0.15, 0.2) is 11.1 Å². The average Bonchev–Trinajstić information content (AvgIpc) is 3.54. The Kier molecular flexibility index (Phi) is 9.24.